The Balaban J connectivity index is 2.11. The van der Waals surface area contributed by atoms with Crippen LogP contribution >= 0.6 is 0 Å². The van der Waals surface area contributed by atoms with E-state index in [1.165, 1.54) is 0 Å². The number of hydrogen-bond acceptors (Lipinski definition) is 3. The van der Waals surface area contributed by atoms with Gasteiger partial charge in [-0.3, -0.25) is 4.90 Å². The third kappa shape index (κ3) is 6.03. The molecular formula is C17H25F3N2O. The molecule has 0 aliphatic carbocycles. The molecule has 130 valence electrons. The summed E-state index contributed by atoms with van der Waals surface area (Å²) in [6.07, 6.45) is -4.71. The molecule has 0 saturated carbocycles. The average molecular weight is 330 g/mol. The summed E-state index contributed by atoms with van der Waals surface area (Å²) in [5.41, 5.74) is 0.923. The summed E-state index contributed by atoms with van der Waals surface area (Å²) in [5, 5.41) is 3.24. The summed E-state index contributed by atoms with van der Waals surface area (Å²) < 4.78 is 43.6. The summed E-state index contributed by atoms with van der Waals surface area (Å²) in [6.45, 7) is 7.06. The Morgan fingerprint density at radius 2 is 1.74 bits per heavy atom. The van der Waals surface area contributed by atoms with E-state index in [2.05, 4.69) is 10.2 Å². The highest BCUT2D eigenvalue weighted by Crippen LogP contribution is 2.32. The standard InChI is InChI=1S/C17H25F3N2O/c1-13(2)23-15-5-3-14(4-6-15)16(7-8-17(18,19)20)22-11-9-21-10-12-22/h3-6,13,16,21H,7-12H2,1-2H3/t16-/m1/s1. The Kier molecular flexibility index (Phi) is 6.30. The second-order valence-electron chi connectivity index (χ2n) is 6.19. The highest BCUT2D eigenvalue weighted by Gasteiger charge is 2.31. The van der Waals surface area contributed by atoms with Crippen LogP contribution in [0.1, 0.15) is 38.3 Å². The SMILES string of the molecule is CC(C)Oc1ccc([C@@H](CCC(F)(F)F)N2CCNCC2)cc1. The lowest BCUT2D eigenvalue weighted by Crippen LogP contribution is -2.45. The van der Waals surface area contributed by atoms with Crippen LogP contribution in [-0.2, 0) is 0 Å². The molecule has 1 aliphatic rings. The number of nitrogens with one attached hydrogen (secondary N) is 1. The maximum Gasteiger partial charge on any atom is 0.389 e. The first kappa shape index (κ1) is 18.1. The van der Waals surface area contributed by atoms with Crippen LogP contribution in [0.3, 0.4) is 0 Å². The lowest BCUT2D eigenvalue weighted by molar-refractivity contribution is -0.138. The van der Waals surface area contributed by atoms with Gasteiger partial charge in [-0.05, 0) is 38.0 Å². The monoisotopic (exact) mass is 330 g/mol. The average Bonchev–Trinajstić information content (AvgIpc) is 2.48. The topological polar surface area (TPSA) is 24.5 Å². The van der Waals surface area contributed by atoms with Gasteiger partial charge in [-0.25, -0.2) is 0 Å². The van der Waals surface area contributed by atoms with Gasteiger partial charge < -0.3 is 10.1 Å². The lowest BCUT2D eigenvalue weighted by atomic mass is 9.99. The van der Waals surface area contributed by atoms with Crippen LogP contribution in [0.15, 0.2) is 24.3 Å². The van der Waals surface area contributed by atoms with Crippen LogP contribution in [0.2, 0.25) is 0 Å². The van der Waals surface area contributed by atoms with E-state index < -0.39 is 12.6 Å². The van der Waals surface area contributed by atoms with E-state index in [0.29, 0.717) is 0 Å². The molecule has 1 aromatic carbocycles. The molecule has 0 unspecified atom stereocenters. The van der Waals surface area contributed by atoms with E-state index in [0.717, 1.165) is 37.5 Å². The molecule has 1 aromatic rings. The highest BCUT2D eigenvalue weighted by molar-refractivity contribution is 5.29. The van der Waals surface area contributed by atoms with Gasteiger partial charge in [-0.1, -0.05) is 12.1 Å². The molecule has 0 aromatic heterocycles. The van der Waals surface area contributed by atoms with Crippen LogP contribution in [0.4, 0.5) is 13.2 Å². The van der Waals surface area contributed by atoms with Gasteiger partial charge in [-0.2, -0.15) is 13.2 Å². The van der Waals surface area contributed by atoms with E-state index in [1.54, 1.807) is 0 Å². The fourth-order valence-electron chi connectivity index (χ4n) is 2.89. The number of rotatable bonds is 6. The second kappa shape index (κ2) is 8.02. The Morgan fingerprint density at radius 3 is 2.26 bits per heavy atom. The van der Waals surface area contributed by atoms with Crippen molar-refractivity contribution in [1.82, 2.24) is 10.2 Å². The van der Waals surface area contributed by atoms with Crippen LogP contribution < -0.4 is 10.1 Å². The van der Waals surface area contributed by atoms with Gasteiger partial charge in [0.1, 0.15) is 5.75 Å². The molecule has 0 amide bonds. The highest BCUT2D eigenvalue weighted by atomic mass is 19.4. The zero-order chi connectivity index (χ0) is 16.9. The third-order valence-electron chi connectivity index (χ3n) is 3.93. The molecule has 1 saturated heterocycles. The smallest absolute Gasteiger partial charge is 0.389 e. The number of nitrogens with zero attached hydrogens (tertiary/aromatic N) is 1. The number of benzene rings is 1. The van der Waals surface area contributed by atoms with Crippen molar-refractivity contribution in [3.63, 3.8) is 0 Å². The summed E-state index contributed by atoms with van der Waals surface area (Å²) in [5.74, 6) is 0.749. The minimum atomic E-state index is -4.12. The molecule has 23 heavy (non-hydrogen) atoms. The maximum absolute atomic E-state index is 12.7. The normalized spacial score (nSPS) is 18.2. The van der Waals surface area contributed by atoms with Crippen molar-refractivity contribution in [2.75, 3.05) is 26.2 Å². The van der Waals surface area contributed by atoms with Gasteiger partial charge in [0, 0.05) is 38.6 Å². The number of ether oxygens (including phenoxy) is 1. The largest absolute Gasteiger partial charge is 0.491 e. The zero-order valence-corrected chi connectivity index (χ0v) is 13.7. The Morgan fingerprint density at radius 1 is 1.13 bits per heavy atom. The van der Waals surface area contributed by atoms with Crippen molar-refractivity contribution in [1.29, 1.82) is 0 Å². The first-order valence-electron chi connectivity index (χ1n) is 8.13. The maximum atomic E-state index is 12.7. The number of hydrogen-bond donors (Lipinski definition) is 1. The van der Waals surface area contributed by atoms with Crippen molar-refractivity contribution < 1.29 is 17.9 Å². The van der Waals surface area contributed by atoms with Gasteiger partial charge in [0.05, 0.1) is 6.10 Å². The Hall–Kier alpha value is -1.27. The fraction of sp³-hybridized carbons (Fsp3) is 0.647. The molecule has 1 fully saturated rings. The van der Waals surface area contributed by atoms with Crippen LogP contribution in [-0.4, -0.2) is 43.4 Å². The Bertz CT molecular complexity index is 468. The molecule has 3 nitrogen and oxygen atoms in total. The molecule has 1 aliphatic heterocycles. The van der Waals surface area contributed by atoms with Crippen molar-refractivity contribution in [2.24, 2.45) is 0 Å². The lowest BCUT2D eigenvalue weighted by Gasteiger charge is -2.35. The first-order chi connectivity index (χ1) is 10.8. The van der Waals surface area contributed by atoms with Gasteiger partial charge in [0.2, 0.25) is 0 Å². The van der Waals surface area contributed by atoms with Crippen molar-refractivity contribution >= 4 is 0 Å². The van der Waals surface area contributed by atoms with E-state index in [1.807, 2.05) is 38.1 Å². The summed E-state index contributed by atoms with van der Waals surface area (Å²) in [7, 11) is 0. The van der Waals surface area contributed by atoms with Crippen LogP contribution in [0.25, 0.3) is 0 Å². The van der Waals surface area contributed by atoms with Gasteiger partial charge in [0.15, 0.2) is 0 Å². The fourth-order valence-corrected chi connectivity index (χ4v) is 2.89. The van der Waals surface area contributed by atoms with E-state index in [9.17, 15) is 13.2 Å². The van der Waals surface area contributed by atoms with Crippen molar-refractivity contribution in [3.05, 3.63) is 29.8 Å². The summed E-state index contributed by atoms with van der Waals surface area (Å²) in [4.78, 5) is 2.14. The third-order valence-corrected chi connectivity index (χ3v) is 3.93. The minimum Gasteiger partial charge on any atom is -0.491 e. The summed E-state index contributed by atoms with van der Waals surface area (Å²) >= 11 is 0. The molecule has 0 radical (unpaired) electrons. The molecule has 1 heterocycles. The zero-order valence-electron chi connectivity index (χ0n) is 13.7. The predicted molar refractivity (Wildman–Crippen MR) is 84.7 cm³/mol. The molecule has 2 rings (SSSR count). The van der Waals surface area contributed by atoms with Crippen LogP contribution in [0, 0.1) is 0 Å². The van der Waals surface area contributed by atoms with E-state index in [-0.39, 0.29) is 18.6 Å². The van der Waals surface area contributed by atoms with E-state index in [4.69, 9.17) is 4.74 Å². The molecular weight excluding hydrogens is 305 g/mol. The molecule has 0 spiro atoms. The van der Waals surface area contributed by atoms with Crippen molar-refractivity contribution in [3.8, 4) is 5.75 Å². The van der Waals surface area contributed by atoms with Gasteiger partial charge >= 0.3 is 6.18 Å². The number of alkyl halides is 3. The van der Waals surface area contributed by atoms with Gasteiger partial charge in [-0.15, -0.1) is 0 Å². The molecule has 6 heteroatoms. The van der Waals surface area contributed by atoms with Gasteiger partial charge in [0.25, 0.3) is 0 Å². The Labute approximate surface area is 135 Å². The molecule has 1 atom stereocenters. The van der Waals surface area contributed by atoms with Crippen molar-refractivity contribution in [2.45, 2.75) is 45.0 Å². The summed E-state index contributed by atoms with van der Waals surface area (Å²) in [6, 6.07) is 7.27. The second-order valence-corrected chi connectivity index (χ2v) is 6.19. The molecule has 1 N–H and O–H groups in total. The number of piperazine rings is 1. The first-order valence-corrected chi connectivity index (χ1v) is 8.13. The quantitative estimate of drug-likeness (QED) is 0.859. The van der Waals surface area contributed by atoms with Crippen LogP contribution in [0.5, 0.6) is 5.75 Å². The molecule has 0 bridgehead atoms. The predicted octanol–water partition coefficient (Wildman–Crippen LogP) is 3.76. The minimum absolute atomic E-state index is 0.0787. The van der Waals surface area contributed by atoms with E-state index >= 15 is 0 Å². The number of halogens is 3.